The van der Waals surface area contributed by atoms with Crippen molar-refractivity contribution in [3.05, 3.63) is 54.6 Å². The van der Waals surface area contributed by atoms with E-state index < -0.39 is 6.03 Å². The molecule has 12 heteroatoms. The zero-order valence-electron chi connectivity index (χ0n) is 25.6. The summed E-state index contributed by atoms with van der Waals surface area (Å²) in [4.78, 5) is 25.0. The van der Waals surface area contributed by atoms with Gasteiger partial charge in [0.05, 0.1) is 19.2 Å². The fourth-order valence-corrected chi connectivity index (χ4v) is 5.90. The van der Waals surface area contributed by atoms with Gasteiger partial charge in [0.2, 0.25) is 0 Å². The van der Waals surface area contributed by atoms with E-state index in [0.717, 1.165) is 59.7 Å². The Kier molecular flexibility index (Phi) is 10.2. The third-order valence-corrected chi connectivity index (χ3v) is 8.53. The molecule has 1 saturated heterocycles. The number of hydrogen-bond acceptors (Lipinski definition) is 10. The fraction of sp³-hybridized carbons (Fsp3) is 0.438. The lowest BCUT2D eigenvalue weighted by Gasteiger charge is -2.30. The number of urea groups is 1. The van der Waals surface area contributed by atoms with Crippen LogP contribution in [0.25, 0.3) is 10.9 Å². The topological polar surface area (TPSA) is 135 Å². The molecular weight excluding hydrogens is 580 g/mol. The fourth-order valence-electron chi connectivity index (χ4n) is 4.97. The number of hydrogen-bond donors (Lipinski definition) is 3. The number of aliphatic hydroxyl groups is 1. The maximum atomic E-state index is 12.6. The summed E-state index contributed by atoms with van der Waals surface area (Å²) in [5.41, 5.74) is 1.16. The number of aromatic nitrogens is 3. The van der Waals surface area contributed by atoms with E-state index in [4.69, 9.17) is 14.0 Å². The average molecular weight is 621 g/mol. The number of benzene rings is 2. The molecule has 1 aliphatic rings. The highest BCUT2D eigenvalue weighted by Crippen LogP contribution is 2.38. The van der Waals surface area contributed by atoms with Gasteiger partial charge >= 0.3 is 6.03 Å². The Bertz CT molecular complexity index is 1560. The Balaban J connectivity index is 1.21. The van der Waals surface area contributed by atoms with Crippen LogP contribution in [0.1, 0.15) is 45.8 Å². The Hall–Kier alpha value is -3.87. The van der Waals surface area contributed by atoms with Gasteiger partial charge in [-0.15, -0.1) is 0 Å². The summed E-state index contributed by atoms with van der Waals surface area (Å²) >= 11 is 1.46. The number of carbonyl (C=O) groups is 1. The summed E-state index contributed by atoms with van der Waals surface area (Å²) in [7, 11) is 1.62. The quantitative estimate of drug-likeness (QED) is 0.132. The van der Waals surface area contributed by atoms with E-state index in [-0.39, 0.29) is 12.0 Å². The molecule has 0 atom stereocenters. The third-order valence-electron chi connectivity index (χ3n) is 7.52. The van der Waals surface area contributed by atoms with Crippen molar-refractivity contribution < 1.29 is 23.9 Å². The largest absolute Gasteiger partial charge is 0.493 e. The number of ether oxygens (including phenoxy) is 2. The van der Waals surface area contributed by atoms with Crippen molar-refractivity contribution in [2.45, 2.75) is 55.4 Å². The number of piperidine rings is 1. The molecule has 4 aromatic rings. The molecule has 11 nitrogen and oxygen atoms in total. The van der Waals surface area contributed by atoms with Crippen molar-refractivity contribution in [2.24, 2.45) is 5.92 Å². The maximum Gasteiger partial charge on any atom is 0.324 e. The van der Waals surface area contributed by atoms with Gasteiger partial charge < -0.3 is 29.3 Å². The van der Waals surface area contributed by atoms with Gasteiger partial charge in [0.15, 0.2) is 17.3 Å². The van der Waals surface area contributed by atoms with Crippen molar-refractivity contribution in [2.75, 3.05) is 50.6 Å². The van der Waals surface area contributed by atoms with Crippen LogP contribution in [-0.2, 0) is 5.41 Å². The van der Waals surface area contributed by atoms with Gasteiger partial charge in [-0.2, -0.15) is 0 Å². The lowest BCUT2D eigenvalue weighted by atomic mass is 9.93. The second kappa shape index (κ2) is 14.3. The van der Waals surface area contributed by atoms with E-state index in [1.165, 1.54) is 18.1 Å². The molecule has 3 N–H and O–H groups in total. The number of anilines is 2. The normalized spacial score (nSPS) is 14.5. The number of amides is 2. The Morgan fingerprint density at radius 2 is 1.93 bits per heavy atom. The predicted molar refractivity (Wildman–Crippen MR) is 171 cm³/mol. The number of methoxy groups -OCH3 is 1. The first kappa shape index (κ1) is 31.6. The molecule has 1 aliphatic heterocycles. The highest BCUT2D eigenvalue weighted by Gasteiger charge is 2.21. The van der Waals surface area contributed by atoms with Gasteiger partial charge in [0.1, 0.15) is 17.1 Å². The van der Waals surface area contributed by atoms with E-state index >= 15 is 0 Å². The van der Waals surface area contributed by atoms with Crippen molar-refractivity contribution in [3.8, 4) is 11.5 Å². The molecule has 0 saturated carbocycles. The lowest BCUT2D eigenvalue weighted by molar-refractivity contribution is 0.126. The summed E-state index contributed by atoms with van der Waals surface area (Å²) in [6.07, 6.45) is 4.54. The van der Waals surface area contributed by atoms with Gasteiger partial charge in [0.25, 0.3) is 0 Å². The molecule has 1 fully saturated rings. The minimum atomic E-state index is -0.420. The van der Waals surface area contributed by atoms with E-state index in [1.54, 1.807) is 13.2 Å². The van der Waals surface area contributed by atoms with E-state index in [9.17, 15) is 9.90 Å². The number of fused-ring (bicyclic) bond motifs is 1. The van der Waals surface area contributed by atoms with Crippen molar-refractivity contribution in [1.82, 2.24) is 20.0 Å². The van der Waals surface area contributed by atoms with E-state index in [2.05, 4.69) is 30.7 Å². The molecule has 5 rings (SSSR count). The summed E-state index contributed by atoms with van der Waals surface area (Å²) in [6, 6.07) is 12.6. The standard InChI is InChI=1S/C32H40N6O5S/c1-32(2,3)28-18-29(37-43-28)36-31(40)35-22-7-5-8-23(15-22)44-30-24-16-26(41-4)27(17-25(24)33-20-34-30)42-14-6-11-38-12-9-21(19-39)10-13-38/h5,7-8,15-18,20-21,39H,6,9-14,19H2,1-4H3,(H2,35,36,37,40). The van der Waals surface area contributed by atoms with Crippen molar-refractivity contribution in [1.29, 1.82) is 0 Å². The Labute approximate surface area is 261 Å². The number of nitrogens with zero attached hydrogens (tertiary/aromatic N) is 4. The molecule has 0 spiro atoms. The van der Waals surface area contributed by atoms with Gasteiger partial charge in [-0.1, -0.05) is 43.8 Å². The summed E-state index contributed by atoms with van der Waals surface area (Å²) in [5, 5.41) is 20.4. The van der Waals surface area contributed by atoms with Gasteiger partial charge in [0, 0.05) is 46.7 Å². The molecule has 0 bridgehead atoms. The number of aliphatic hydroxyl groups excluding tert-OH is 1. The number of carbonyl (C=O) groups excluding carboxylic acids is 1. The lowest BCUT2D eigenvalue weighted by Crippen LogP contribution is -2.35. The molecular formula is C32H40N6O5S. The van der Waals surface area contributed by atoms with Crippen LogP contribution in [0.5, 0.6) is 11.5 Å². The zero-order chi connectivity index (χ0) is 31.1. The van der Waals surface area contributed by atoms with Crippen molar-refractivity contribution in [3.63, 3.8) is 0 Å². The van der Waals surface area contributed by atoms with E-state index in [1.807, 2.05) is 57.2 Å². The molecule has 2 aromatic heterocycles. The molecule has 234 valence electrons. The van der Waals surface area contributed by atoms with Crippen molar-refractivity contribution >= 4 is 40.2 Å². The molecule has 3 heterocycles. The molecule has 0 unspecified atom stereocenters. The second-order valence-electron chi connectivity index (χ2n) is 11.9. The average Bonchev–Trinajstić information content (AvgIpc) is 3.49. The van der Waals surface area contributed by atoms with Crippen LogP contribution in [0.4, 0.5) is 16.3 Å². The van der Waals surface area contributed by atoms with Gasteiger partial charge in [-0.3, -0.25) is 5.32 Å². The predicted octanol–water partition coefficient (Wildman–Crippen LogP) is 6.19. The summed E-state index contributed by atoms with van der Waals surface area (Å²) in [6.45, 7) is 9.90. The van der Waals surface area contributed by atoms with Crippen LogP contribution in [0.15, 0.2) is 63.2 Å². The molecule has 2 aromatic carbocycles. The zero-order valence-corrected chi connectivity index (χ0v) is 26.4. The number of likely N-dealkylation sites (tertiary alicyclic amines) is 1. The minimum absolute atomic E-state index is 0.210. The first-order chi connectivity index (χ1) is 21.2. The minimum Gasteiger partial charge on any atom is -0.493 e. The van der Waals surface area contributed by atoms with Crippen LogP contribution in [0.3, 0.4) is 0 Å². The maximum absolute atomic E-state index is 12.6. The van der Waals surface area contributed by atoms with E-state index in [0.29, 0.717) is 41.3 Å². The highest BCUT2D eigenvalue weighted by atomic mass is 32.2. The number of nitrogens with one attached hydrogen (secondary N) is 2. The highest BCUT2D eigenvalue weighted by molar-refractivity contribution is 7.99. The summed E-state index contributed by atoms with van der Waals surface area (Å²) in [5.74, 6) is 2.74. The summed E-state index contributed by atoms with van der Waals surface area (Å²) < 4.78 is 17.1. The van der Waals surface area contributed by atoms with Crippen LogP contribution in [0, 0.1) is 5.92 Å². The Morgan fingerprint density at radius 1 is 1.11 bits per heavy atom. The van der Waals surface area contributed by atoms with Gasteiger partial charge in [-0.25, -0.2) is 14.8 Å². The molecule has 0 aliphatic carbocycles. The first-order valence-corrected chi connectivity index (χ1v) is 15.7. The van der Waals surface area contributed by atoms with Crippen LogP contribution < -0.4 is 20.1 Å². The molecule has 44 heavy (non-hydrogen) atoms. The SMILES string of the molecule is COc1cc2c(Sc3cccc(NC(=O)Nc4cc(C(C)(C)C)on4)c3)ncnc2cc1OCCCN1CCC(CO)CC1. The van der Waals surface area contributed by atoms with Crippen LogP contribution in [0.2, 0.25) is 0 Å². The monoisotopic (exact) mass is 620 g/mol. The number of rotatable bonds is 11. The van der Waals surface area contributed by atoms with Gasteiger partial charge in [-0.05, 0) is 62.5 Å². The van der Waals surface area contributed by atoms with Crippen LogP contribution >= 0.6 is 11.8 Å². The van der Waals surface area contributed by atoms with Crippen LogP contribution in [-0.4, -0.2) is 71.1 Å². The molecule has 0 radical (unpaired) electrons. The second-order valence-corrected chi connectivity index (χ2v) is 13.0. The smallest absolute Gasteiger partial charge is 0.324 e. The molecule has 2 amide bonds. The Morgan fingerprint density at radius 3 is 2.66 bits per heavy atom. The first-order valence-electron chi connectivity index (χ1n) is 14.8. The third kappa shape index (κ3) is 8.19.